The molecule has 0 fully saturated rings. The van der Waals surface area contributed by atoms with E-state index in [2.05, 4.69) is 258 Å². The Morgan fingerprint density at radius 2 is 0.412 bits per heavy atom. The predicted octanol–water partition coefficient (Wildman–Crippen LogP) is 20.1. The summed E-state index contributed by atoms with van der Waals surface area (Å²) in [6.07, 6.45) is 3.05. The van der Waals surface area contributed by atoms with Crippen LogP contribution in [0.1, 0.15) is 236 Å². The third kappa shape index (κ3) is 19.2. The van der Waals surface area contributed by atoms with Crippen LogP contribution in [0.5, 0.6) is 34.5 Å². The summed E-state index contributed by atoms with van der Waals surface area (Å²) in [6, 6.07) is 49.9. The second-order valence-electron chi connectivity index (χ2n) is 34.7. The summed E-state index contributed by atoms with van der Waals surface area (Å²) >= 11 is 0. The van der Waals surface area contributed by atoms with Crippen molar-refractivity contribution >= 4 is 0 Å². The van der Waals surface area contributed by atoms with Gasteiger partial charge in [0.05, 0.1) is 52.9 Å². The molecule has 16 bridgehead atoms. The molecule has 4 aliphatic rings. The summed E-state index contributed by atoms with van der Waals surface area (Å²) in [7, 11) is 0. The molecule has 0 saturated carbocycles. The van der Waals surface area contributed by atoms with Crippen LogP contribution < -0.4 is 28.4 Å². The maximum Gasteiger partial charge on any atom is 0.126 e. The fourth-order valence-electron chi connectivity index (χ4n) is 14.0. The van der Waals surface area contributed by atoms with E-state index in [1.807, 2.05) is 0 Å². The molecule has 8 aromatic rings. The van der Waals surface area contributed by atoms with Crippen LogP contribution in [0.2, 0.25) is 0 Å². The Bertz CT molecular complexity index is 3700. The van der Waals surface area contributed by atoms with Crippen molar-refractivity contribution in [2.24, 2.45) is 0 Å². The second-order valence-corrected chi connectivity index (χ2v) is 34.7. The molecule has 0 radical (unpaired) electrons. The number of rotatable bonds is 6. The van der Waals surface area contributed by atoms with Gasteiger partial charge in [0.1, 0.15) is 74.1 Å². The van der Waals surface area contributed by atoms with E-state index in [1.165, 1.54) is 33.4 Å². The minimum Gasteiger partial charge on any atom is -0.491 e. The first-order chi connectivity index (χ1) is 48.3. The van der Waals surface area contributed by atoms with Crippen LogP contribution >= 0.6 is 0 Å². The first-order valence-electron chi connectivity index (χ1n) is 37.5. The second kappa shape index (κ2) is 31.8. The molecule has 12 rings (SSSR count). The molecule has 4 aliphatic heterocycles. The van der Waals surface area contributed by atoms with Crippen LogP contribution in [0, 0.1) is 0 Å². The predicted molar refractivity (Wildman–Crippen MR) is 414 cm³/mol. The highest BCUT2D eigenvalue weighted by molar-refractivity contribution is 5.62. The summed E-state index contributed by atoms with van der Waals surface area (Å²) < 4.78 is 70.5. The molecule has 0 saturated heterocycles. The summed E-state index contributed by atoms with van der Waals surface area (Å²) in [5.74, 6) is 5.02. The van der Waals surface area contributed by atoms with Crippen molar-refractivity contribution < 1.29 is 47.4 Å². The van der Waals surface area contributed by atoms with E-state index in [9.17, 15) is 0 Å². The van der Waals surface area contributed by atoms with E-state index >= 15 is 0 Å². The fraction of sp³-hybridized carbons (Fsp3) is 0.478. The quantitative estimate of drug-likeness (QED) is 0.150. The highest BCUT2D eigenvalue weighted by Gasteiger charge is 2.32. The van der Waals surface area contributed by atoms with Crippen LogP contribution in [0.3, 0.4) is 0 Å². The van der Waals surface area contributed by atoms with Gasteiger partial charge in [-0.1, -0.05) is 258 Å². The average Bonchev–Trinajstić information content (AvgIpc) is 0.777. The molecule has 0 aliphatic carbocycles. The van der Waals surface area contributed by atoms with Crippen LogP contribution in [0.4, 0.5) is 0 Å². The molecule has 10 heteroatoms. The van der Waals surface area contributed by atoms with Gasteiger partial charge in [-0.2, -0.15) is 0 Å². The zero-order valence-electron chi connectivity index (χ0n) is 64.9. The highest BCUT2D eigenvalue weighted by Crippen LogP contribution is 2.47. The fourth-order valence-corrected chi connectivity index (χ4v) is 14.0. The molecule has 0 unspecified atom stereocenters. The van der Waals surface area contributed by atoms with Gasteiger partial charge in [0, 0.05) is 38.5 Å². The maximum absolute atomic E-state index is 7.50. The van der Waals surface area contributed by atoms with Gasteiger partial charge in [-0.15, -0.1) is 0 Å². The van der Waals surface area contributed by atoms with E-state index < -0.39 is 0 Å². The summed E-state index contributed by atoms with van der Waals surface area (Å²) in [6.45, 7) is 46.7. The van der Waals surface area contributed by atoms with Crippen LogP contribution in [-0.4, -0.2) is 79.3 Å². The van der Waals surface area contributed by atoms with Crippen molar-refractivity contribution in [2.75, 3.05) is 79.3 Å². The molecule has 8 aromatic carbocycles. The molecule has 0 aromatic heterocycles. The zero-order chi connectivity index (χ0) is 72.8. The van der Waals surface area contributed by atoms with Crippen molar-refractivity contribution in [3.05, 3.63) is 245 Å². The Morgan fingerprint density at radius 3 is 0.608 bits per heavy atom. The summed E-state index contributed by atoms with van der Waals surface area (Å²) in [5.41, 5.74) is 20.7. The van der Waals surface area contributed by atoms with Gasteiger partial charge in [-0.25, -0.2) is 0 Å². The molecule has 10 nitrogen and oxygen atoms in total. The average molecular weight is 1380 g/mol. The minimum absolute atomic E-state index is 0.253. The van der Waals surface area contributed by atoms with Crippen molar-refractivity contribution in [1.29, 1.82) is 0 Å². The van der Waals surface area contributed by atoms with Crippen molar-refractivity contribution in [1.82, 2.24) is 0 Å². The smallest absolute Gasteiger partial charge is 0.126 e. The lowest BCUT2D eigenvalue weighted by Gasteiger charge is -2.29. The van der Waals surface area contributed by atoms with E-state index in [1.54, 1.807) is 0 Å². The molecule has 544 valence electrons. The third-order valence-corrected chi connectivity index (χ3v) is 20.0. The Kier molecular flexibility index (Phi) is 23.5. The molecule has 102 heavy (non-hydrogen) atoms. The highest BCUT2D eigenvalue weighted by atomic mass is 16.6. The Balaban J connectivity index is 1.32. The number of hydrogen-bond donors (Lipinski definition) is 0. The SMILES string of the molecule is CC(C)(C)c1cc2c3c(c1)Cc1cc(C(C)(C)C)cc(c1OCc1ccccc1)Cc1cc(C(C)(C)C)cc4c1OCCOCCOCCOc1c(cc(C(C)(C)C)cc1Cc1cc(C(C)(C)C)cc(c1OCc1ccccc1)Cc1cc(C(C)(C)C)cc(c1OCCOCCOCCO3)C4)C2. The van der Waals surface area contributed by atoms with Crippen LogP contribution in [-0.2, 0) is 103 Å². The van der Waals surface area contributed by atoms with E-state index in [4.69, 9.17) is 47.4 Å². The van der Waals surface area contributed by atoms with E-state index in [0.717, 1.165) is 112 Å². The van der Waals surface area contributed by atoms with Crippen molar-refractivity contribution in [3.8, 4) is 34.5 Å². The van der Waals surface area contributed by atoms with E-state index in [0.29, 0.717) is 131 Å². The van der Waals surface area contributed by atoms with Gasteiger partial charge in [0.2, 0.25) is 0 Å². The topological polar surface area (TPSA) is 92.3 Å². The van der Waals surface area contributed by atoms with Gasteiger partial charge in [0.25, 0.3) is 0 Å². The Hall–Kier alpha value is -7.60. The molecule has 0 amide bonds. The minimum atomic E-state index is -0.263. The molecule has 0 atom stereocenters. The first kappa shape index (κ1) is 75.6. The molecule has 0 spiro atoms. The lowest BCUT2D eigenvalue weighted by atomic mass is 9.79. The Morgan fingerprint density at radius 1 is 0.235 bits per heavy atom. The van der Waals surface area contributed by atoms with Crippen molar-refractivity contribution in [3.63, 3.8) is 0 Å². The zero-order valence-corrected chi connectivity index (χ0v) is 64.9. The number of ether oxygens (including phenoxy) is 10. The van der Waals surface area contributed by atoms with Gasteiger partial charge in [-0.3, -0.25) is 0 Å². The monoisotopic (exact) mass is 1380 g/mol. The number of benzene rings is 8. The molecular weight excluding hydrogens is 1270 g/mol. The van der Waals surface area contributed by atoms with Gasteiger partial charge in [-0.05, 0) is 144 Å². The number of hydrogen-bond acceptors (Lipinski definition) is 10. The largest absolute Gasteiger partial charge is 0.491 e. The van der Waals surface area contributed by atoms with Gasteiger partial charge >= 0.3 is 0 Å². The lowest BCUT2D eigenvalue weighted by Crippen LogP contribution is -2.18. The van der Waals surface area contributed by atoms with E-state index in [-0.39, 0.29) is 32.5 Å². The normalized spacial score (nSPS) is 15.9. The molecular formula is C92H116O10. The van der Waals surface area contributed by atoms with Crippen LogP contribution in [0.25, 0.3) is 0 Å². The van der Waals surface area contributed by atoms with Gasteiger partial charge in [0.15, 0.2) is 0 Å². The molecule has 0 N–H and O–H groups in total. The first-order valence-corrected chi connectivity index (χ1v) is 37.5. The van der Waals surface area contributed by atoms with Gasteiger partial charge < -0.3 is 47.4 Å². The van der Waals surface area contributed by atoms with Crippen molar-refractivity contribution in [2.45, 2.75) is 209 Å². The van der Waals surface area contributed by atoms with Crippen LogP contribution in [0.15, 0.2) is 133 Å². The standard InChI is InChI=1S/C92H116O10/c1-87(2,3)75-47-63-41-64-48-76(88(4,5)6)52-68-44-73-57-80(92(16,17)18)58-74(86(73)102-60-62-27-23-20-24-28-62)46-70-54-78(90(10,11)12)50-66-42-65-49-77(89(7,8)9)53-69(83(65)99-39-36-96-32-31-94-34-38-98-82(64)68)45-72-56-79(91(13,14)15)55-71(85(72)101-59-61-25-21-19-22-26-61)43-67(51-75)81(63)97-37-33-93-29-30-95-35-40-100-84(66)70/h19-28,47-58H,29-46,59-60H2,1-18H3. The third-order valence-electron chi connectivity index (χ3n) is 20.0. The molecule has 4 heterocycles. The lowest BCUT2D eigenvalue weighted by molar-refractivity contribution is 0.0268. The summed E-state index contributed by atoms with van der Waals surface area (Å²) in [4.78, 5) is 0. The summed E-state index contributed by atoms with van der Waals surface area (Å²) in [5, 5.41) is 0. The number of fused-ring (bicyclic) bond motifs is 18. The Labute approximate surface area is 611 Å². The maximum atomic E-state index is 7.50.